The summed E-state index contributed by atoms with van der Waals surface area (Å²) < 4.78 is 0. The first-order valence-electron chi connectivity index (χ1n) is 5.59. The Balaban J connectivity index is 2.45. The quantitative estimate of drug-likeness (QED) is 0.748. The van der Waals surface area contributed by atoms with Gasteiger partial charge in [-0.2, -0.15) is 0 Å². The van der Waals surface area contributed by atoms with Gasteiger partial charge in [-0.25, -0.2) is 0 Å². The molecule has 0 aliphatic carbocycles. The predicted molar refractivity (Wildman–Crippen MR) is 67.0 cm³/mol. The maximum absolute atomic E-state index is 6.16. The number of hydrogen-bond acceptors (Lipinski definition) is 1. The lowest BCUT2D eigenvalue weighted by Crippen LogP contribution is -1.95. The minimum atomic E-state index is 0.960. The van der Waals surface area contributed by atoms with Gasteiger partial charge in [-0.3, -0.25) is 0 Å². The van der Waals surface area contributed by atoms with Gasteiger partial charge < -0.3 is 5.73 Å². The van der Waals surface area contributed by atoms with Gasteiger partial charge in [0.1, 0.15) is 0 Å². The number of benzene rings is 2. The first-order valence-corrected chi connectivity index (χ1v) is 5.59. The first kappa shape index (κ1) is 10.0. The molecule has 0 radical (unpaired) electrons. The van der Waals surface area contributed by atoms with E-state index in [1.54, 1.807) is 0 Å². The zero-order valence-electron chi connectivity index (χ0n) is 9.16. The molecule has 2 aromatic carbocycles. The molecule has 0 heterocycles. The summed E-state index contributed by atoms with van der Waals surface area (Å²) in [7, 11) is 0. The van der Waals surface area contributed by atoms with Crippen LogP contribution in [-0.2, 0) is 6.42 Å². The number of nitrogens with two attached hydrogens (primary N) is 1. The van der Waals surface area contributed by atoms with E-state index in [0.29, 0.717) is 0 Å². The number of nitrogen functional groups attached to an aromatic ring is 1. The molecule has 1 heteroatoms. The SMILES string of the molecule is CCCCc1ccc2ccccc2c1N. The second kappa shape index (κ2) is 4.35. The third-order valence-electron chi connectivity index (χ3n) is 2.86. The summed E-state index contributed by atoms with van der Waals surface area (Å²) in [6.07, 6.45) is 3.52. The Labute approximate surface area is 90.9 Å². The van der Waals surface area contributed by atoms with Crippen molar-refractivity contribution in [2.45, 2.75) is 26.2 Å². The van der Waals surface area contributed by atoms with Gasteiger partial charge in [0.25, 0.3) is 0 Å². The molecule has 2 aromatic rings. The van der Waals surface area contributed by atoms with E-state index in [9.17, 15) is 0 Å². The van der Waals surface area contributed by atoms with Gasteiger partial charge in [0.05, 0.1) is 0 Å². The third-order valence-corrected chi connectivity index (χ3v) is 2.86. The van der Waals surface area contributed by atoms with Gasteiger partial charge in [-0.1, -0.05) is 49.7 Å². The third kappa shape index (κ3) is 1.96. The van der Waals surface area contributed by atoms with Gasteiger partial charge in [-0.15, -0.1) is 0 Å². The van der Waals surface area contributed by atoms with E-state index in [0.717, 1.165) is 12.1 Å². The molecular weight excluding hydrogens is 182 g/mol. The van der Waals surface area contributed by atoms with Crippen molar-refractivity contribution in [3.63, 3.8) is 0 Å². The molecule has 2 N–H and O–H groups in total. The van der Waals surface area contributed by atoms with E-state index in [-0.39, 0.29) is 0 Å². The van der Waals surface area contributed by atoms with Crippen LogP contribution in [0.5, 0.6) is 0 Å². The van der Waals surface area contributed by atoms with Gasteiger partial charge in [0.15, 0.2) is 0 Å². The van der Waals surface area contributed by atoms with Gasteiger partial charge in [0, 0.05) is 11.1 Å². The van der Waals surface area contributed by atoms with E-state index in [4.69, 9.17) is 5.73 Å². The average molecular weight is 199 g/mol. The van der Waals surface area contributed by atoms with Crippen molar-refractivity contribution in [1.82, 2.24) is 0 Å². The summed E-state index contributed by atoms with van der Waals surface area (Å²) in [5.41, 5.74) is 8.41. The lowest BCUT2D eigenvalue weighted by Gasteiger charge is -2.08. The van der Waals surface area contributed by atoms with Crippen LogP contribution in [0, 0.1) is 0 Å². The Morgan fingerprint density at radius 2 is 1.87 bits per heavy atom. The molecule has 0 aliphatic rings. The van der Waals surface area contributed by atoms with Crippen molar-refractivity contribution in [2.24, 2.45) is 0 Å². The highest BCUT2D eigenvalue weighted by Crippen LogP contribution is 2.25. The molecule has 0 spiro atoms. The van der Waals surface area contributed by atoms with Crippen molar-refractivity contribution in [3.05, 3.63) is 42.0 Å². The Hall–Kier alpha value is -1.50. The highest BCUT2D eigenvalue weighted by atomic mass is 14.6. The largest absolute Gasteiger partial charge is 0.398 e. The monoisotopic (exact) mass is 199 g/mol. The van der Waals surface area contributed by atoms with Crippen molar-refractivity contribution < 1.29 is 0 Å². The zero-order chi connectivity index (χ0) is 10.7. The maximum atomic E-state index is 6.16. The topological polar surface area (TPSA) is 26.0 Å². The fraction of sp³-hybridized carbons (Fsp3) is 0.286. The molecular formula is C14H17N. The van der Waals surface area contributed by atoms with Crippen molar-refractivity contribution >= 4 is 16.5 Å². The van der Waals surface area contributed by atoms with Gasteiger partial charge >= 0.3 is 0 Å². The summed E-state index contributed by atoms with van der Waals surface area (Å²) in [5.74, 6) is 0. The normalized spacial score (nSPS) is 10.7. The van der Waals surface area contributed by atoms with Crippen molar-refractivity contribution in [2.75, 3.05) is 5.73 Å². The molecule has 0 fully saturated rings. The lowest BCUT2D eigenvalue weighted by molar-refractivity contribution is 0.797. The molecule has 15 heavy (non-hydrogen) atoms. The Morgan fingerprint density at radius 3 is 2.67 bits per heavy atom. The molecule has 1 nitrogen and oxygen atoms in total. The van der Waals surface area contributed by atoms with Crippen molar-refractivity contribution in [1.29, 1.82) is 0 Å². The maximum Gasteiger partial charge on any atom is 0.0426 e. The van der Waals surface area contributed by atoms with Gasteiger partial charge in [-0.05, 0) is 23.8 Å². The number of unbranched alkanes of at least 4 members (excludes halogenated alkanes) is 1. The summed E-state index contributed by atoms with van der Waals surface area (Å²) in [4.78, 5) is 0. The van der Waals surface area contributed by atoms with Crippen LogP contribution in [0.4, 0.5) is 5.69 Å². The number of rotatable bonds is 3. The van der Waals surface area contributed by atoms with E-state index in [2.05, 4.69) is 31.2 Å². The zero-order valence-corrected chi connectivity index (χ0v) is 9.16. The van der Waals surface area contributed by atoms with Crippen LogP contribution in [0.25, 0.3) is 10.8 Å². The second-order valence-electron chi connectivity index (χ2n) is 3.96. The summed E-state index contributed by atoms with van der Waals surface area (Å²) >= 11 is 0. The minimum absolute atomic E-state index is 0.960. The molecule has 0 amide bonds. The van der Waals surface area contributed by atoms with Crippen LogP contribution in [0.2, 0.25) is 0 Å². The predicted octanol–water partition coefficient (Wildman–Crippen LogP) is 3.76. The number of aryl methyl sites for hydroxylation is 1. The molecule has 2 rings (SSSR count). The van der Waals surface area contributed by atoms with E-state index >= 15 is 0 Å². The Morgan fingerprint density at radius 1 is 1.07 bits per heavy atom. The van der Waals surface area contributed by atoms with Crippen LogP contribution in [0.3, 0.4) is 0 Å². The van der Waals surface area contributed by atoms with Crippen LogP contribution >= 0.6 is 0 Å². The number of hydrogen-bond donors (Lipinski definition) is 1. The standard InChI is InChI=1S/C14H17N/c1-2-3-6-12-10-9-11-7-4-5-8-13(11)14(12)15/h4-5,7-10H,2-3,6,15H2,1H3. The van der Waals surface area contributed by atoms with Crippen LogP contribution in [-0.4, -0.2) is 0 Å². The average Bonchev–Trinajstić information content (AvgIpc) is 2.29. The smallest absolute Gasteiger partial charge is 0.0426 e. The van der Waals surface area contributed by atoms with E-state index in [1.165, 1.54) is 29.2 Å². The minimum Gasteiger partial charge on any atom is -0.398 e. The first-order chi connectivity index (χ1) is 7.33. The van der Waals surface area contributed by atoms with Crippen LogP contribution < -0.4 is 5.73 Å². The lowest BCUT2D eigenvalue weighted by atomic mass is 10.0. The highest BCUT2D eigenvalue weighted by molar-refractivity contribution is 5.94. The fourth-order valence-electron chi connectivity index (χ4n) is 1.93. The number of anilines is 1. The van der Waals surface area contributed by atoms with Crippen LogP contribution in [0.15, 0.2) is 36.4 Å². The Bertz CT molecular complexity index is 460. The highest BCUT2D eigenvalue weighted by Gasteiger charge is 2.02. The second-order valence-corrected chi connectivity index (χ2v) is 3.96. The molecule has 0 atom stereocenters. The molecule has 0 saturated heterocycles. The fourth-order valence-corrected chi connectivity index (χ4v) is 1.93. The molecule has 0 saturated carbocycles. The molecule has 0 aliphatic heterocycles. The van der Waals surface area contributed by atoms with Crippen LogP contribution in [0.1, 0.15) is 25.3 Å². The molecule has 0 bridgehead atoms. The molecule has 0 aromatic heterocycles. The summed E-state index contributed by atoms with van der Waals surface area (Å²) in [6, 6.07) is 12.6. The Kier molecular flexibility index (Phi) is 2.91. The summed E-state index contributed by atoms with van der Waals surface area (Å²) in [5, 5.41) is 2.42. The van der Waals surface area contributed by atoms with E-state index in [1.807, 2.05) is 12.1 Å². The molecule has 0 unspecified atom stereocenters. The summed E-state index contributed by atoms with van der Waals surface area (Å²) in [6.45, 7) is 2.21. The number of fused-ring (bicyclic) bond motifs is 1. The van der Waals surface area contributed by atoms with Gasteiger partial charge in [0.2, 0.25) is 0 Å². The van der Waals surface area contributed by atoms with Crippen molar-refractivity contribution in [3.8, 4) is 0 Å². The van der Waals surface area contributed by atoms with E-state index < -0.39 is 0 Å². The molecule has 78 valence electrons.